The zero-order valence-electron chi connectivity index (χ0n) is 13.2. The predicted octanol–water partition coefficient (Wildman–Crippen LogP) is 2.71. The molecule has 0 spiro atoms. The molecule has 2 unspecified atom stereocenters. The van der Waals surface area contributed by atoms with Gasteiger partial charge in [0.05, 0.1) is 32.5 Å². The summed E-state index contributed by atoms with van der Waals surface area (Å²) in [7, 11) is 3.39. The largest absolute Gasteiger partial charge is 0.496 e. The number of hydrogen-bond donors (Lipinski definition) is 1. The van der Waals surface area contributed by atoms with Crippen molar-refractivity contribution in [2.75, 3.05) is 34.0 Å². The quantitative estimate of drug-likeness (QED) is 0.755. The first-order chi connectivity index (χ1) is 9.62. The lowest BCUT2D eigenvalue weighted by atomic mass is 10.0. The molecule has 4 heteroatoms. The molecule has 0 aliphatic carbocycles. The minimum Gasteiger partial charge on any atom is -0.496 e. The second-order valence-electron chi connectivity index (χ2n) is 4.95. The van der Waals surface area contributed by atoms with Crippen LogP contribution in [0.2, 0.25) is 0 Å². The summed E-state index contributed by atoms with van der Waals surface area (Å²) in [4.78, 5) is 0. The Morgan fingerprint density at radius 2 is 1.95 bits per heavy atom. The van der Waals surface area contributed by atoms with E-state index >= 15 is 0 Å². The van der Waals surface area contributed by atoms with Crippen molar-refractivity contribution in [2.24, 2.45) is 0 Å². The van der Waals surface area contributed by atoms with Gasteiger partial charge in [-0.15, -0.1) is 0 Å². The monoisotopic (exact) mass is 281 g/mol. The molecule has 0 aliphatic rings. The van der Waals surface area contributed by atoms with Gasteiger partial charge in [0.2, 0.25) is 0 Å². The van der Waals surface area contributed by atoms with Crippen LogP contribution in [0, 0.1) is 6.92 Å². The maximum atomic E-state index is 5.85. The van der Waals surface area contributed by atoms with E-state index in [2.05, 4.69) is 31.3 Å². The summed E-state index contributed by atoms with van der Waals surface area (Å²) in [5, 5.41) is 3.45. The molecule has 0 bridgehead atoms. The van der Waals surface area contributed by atoms with Crippen LogP contribution in [-0.4, -0.2) is 40.1 Å². The van der Waals surface area contributed by atoms with E-state index in [0.29, 0.717) is 13.2 Å². The lowest BCUT2D eigenvalue weighted by Crippen LogP contribution is -2.28. The molecule has 0 aromatic heterocycles. The predicted molar refractivity (Wildman–Crippen MR) is 81.4 cm³/mol. The van der Waals surface area contributed by atoms with Crippen molar-refractivity contribution in [3.8, 4) is 5.75 Å². The third kappa shape index (κ3) is 5.12. The van der Waals surface area contributed by atoms with Crippen LogP contribution in [0.25, 0.3) is 0 Å². The average molecular weight is 281 g/mol. The van der Waals surface area contributed by atoms with Crippen LogP contribution < -0.4 is 10.1 Å². The molecule has 4 nitrogen and oxygen atoms in total. The number of hydrogen-bond acceptors (Lipinski definition) is 4. The van der Waals surface area contributed by atoms with Crippen LogP contribution >= 0.6 is 0 Å². The lowest BCUT2D eigenvalue weighted by molar-refractivity contribution is -0.000603. The maximum absolute atomic E-state index is 5.85. The number of aryl methyl sites for hydroxylation is 1. The zero-order chi connectivity index (χ0) is 15.0. The van der Waals surface area contributed by atoms with Crippen LogP contribution in [0.5, 0.6) is 5.75 Å². The molecule has 0 radical (unpaired) electrons. The number of benzene rings is 1. The fourth-order valence-electron chi connectivity index (χ4n) is 2.17. The molecular formula is C16H27NO3. The minimum atomic E-state index is 0.0805. The van der Waals surface area contributed by atoms with E-state index < -0.39 is 0 Å². The highest BCUT2D eigenvalue weighted by atomic mass is 16.5. The van der Waals surface area contributed by atoms with Gasteiger partial charge in [-0.3, -0.25) is 0 Å². The number of methoxy groups -OCH3 is 2. The zero-order valence-corrected chi connectivity index (χ0v) is 13.2. The van der Waals surface area contributed by atoms with Crippen LogP contribution in [0.4, 0.5) is 0 Å². The topological polar surface area (TPSA) is 39.7 Å². The van der Waals surface area contributed by atoms with Crippen molar-refractivity contribution in [3.05, 3.63) is 29.3 Å². The van der Waals surface area contributed by atoms with Gasteiger partial charge in [0, 0.05) is 12.7 Å². The van der Waals surface area contributed by atoms with E-state index in [1.807, 2.05) is 13.0 Å². The van der Waals surface area contributed by atoms with Gasteiger partial charge in [-0.1, -0.05) is 24.6 Å². The third-order valence-electron chi connectivity index (χ3n) is 3.16. The molecule has 0 aliphatic heterocycles. The van der Waals surface area contributed by atoms with E-state index in [9.17, 15) is 0 Å². The Bertz CT molecular complexity index is 395. The Labute approximate surface area is 122 Å². The Balaban J connectivity index is 2.81. The molecule has 0 heterocycles. The second-order valence-corrected chi connectivity index (χ2v) is 4.95. The first-order valence-electron chi connectivity index (χ1n) is 7.10. The molecule has 20 heavy (non-hydrogen) atoms. The summed E-state index contributed by atoms with van der Waals surface area (Å²) < 4.78 is 16.4. The summed E-state index contributed by atoms with van der Waals surface area (Å²) in [6.07, 6.45) is 0.0805. The van der Waals surface area contributed by atoms with Crippen molar-refractivity contribution in [1.29, 1.82) is 0 Å². The average Bonchev–Trinajstić information content (AvgIpc) is 2.43. The van der Waals surface area contributed by atoms with E-state index in [4.69, 9.17) is 14.2 Å². The van der Waals surface area contributed by atoms with Gasteiger partial charge in [0.25, 0.3) is 0 Å². The molecule has 0 saturated heterocycles. The summed E-state index contributed by atoms with van der Waals surface area (Å²) in [5.74, 6) is 0.893. The van der Waals surface area contributed by atoms with Gasteiger partial charge in [-0.05, 0) is 26.5 Å². The molecular weight excluding hydrogens is 254 g/mol. The van der Waals surface area contributed by atoms with Crippen molar-refractivity contribution in [1.82, 2.24) is 5.32 Å². The Hall–Kier alpha value is -1.10. The maximum Gasteiger partial charge on any atom is 0.123 e. The highest BCUT2D eigenvalue weighted by Crippen LogP contribution is 2.26. The number of ether oxygens (including phenoxy) is 3. The molecule has 1 rings (SSSR count). The van der Waals surface area contributed by atoms with E-state index in [1.54, 1.807) is 14.2 Å². The SMILES string of the molecule is CCNC(COC(C)COC)c1cc(C)ccc1OC. The summed E-state index contributed by atoms with van der Waals surface area (Å²) >= 11 is 0. The van der Waals surface area contributed by atoms with E-state index in [1.165, 1.54) is 5.56 Å². The fraction of sp³-hybridized carbons (Fsp3) is 0.625. The number of nitrogens with one attached hydrogen (secondary N) is 1. The lowest BCUT2D eigenvalue weighted by Gasteiger charge is -2.23. The normalized spacial score (nSPS) is 14.1. The van der Waals surface area contributed by atoms with Crippen LogP contribution in [-0.2, 0) is 9.47 Å². The molecule has 1 aromatic rings. The van der Waals surface area contributed by atoms with Gasteiger partial charge in [-0.25, -0.2) is 0 Å². The number of likely N-dealkylation sites (N-methyl/N-ethyl adjacent to an activating group) is 1. The van der Waals surface area contributed by atoms with Gasteiger partial charge < -0.3 is 19.5 Å². The van der Waals surface area contributed by atoms with Gasteiger partial charge in [-0.2, -0.15) is 0 Å². The molecule has 0 amide bonds. The molecule has 1 aromatic carbocycles. The first-order valence-corrected chi connectivity index (χ1v) is 7.10. The summed E-state index contributed by atoms with van der Waals surface area (Å²) in [6.45, 7) is 8.26. The van der Waals surface area contributed by atoms with E-state index in [0.717, 1.165) is 17.9 Å². The standard InChI is InChI=1S/C16H27NO3/c1-6-17-15(11-20-13(3)10-18-4)14-9-12(2)7-8-16(14)19-5/h7-9,13,15,17H,6,10-11H2,1-5H3. The molecule has 0 fully saturated rings. The van der Waals surface area contributed by atoms with Crippen molar-refractivity contribution >= 4 is 0 Å². The molecule has 114 valence electrons. The number of rotatable bonds is 9. The molecule has 1 N–H and O–H groups in total. The van der Waals surface area contributed by atoms with E-state index in [-0.39, 0.29) is 12.1 Å². The van der Waals surface area contributed by atoms with Crippen molar-refractivity contribution in [2.45, 2.75) is 32.9 Å². The molecule has 0 saturated carbocycles. The second kappa shape index (κ2) is 8.95. The van der Waals surface area contributed by atoms with Crippen molar-refractivity contribution < 1.29 is 14.2 Å². The third-order valence-corrected chi connectivity index (χ3v) is 3.16. The fourth-order valence-corrected chi connectivity index (χ4v) is 2.17. The van der Waals surface area contributed by atoms with Gasteiger partial charge >= 0.3 is 0 Å². The minimum absolute atomic E-state index is 0.0805. The smallest absolute Gasteiger partial charge is 0.123 e. The Morgan fingerprint density at radius 1 is 1.20 bits per heavy atom. The van der Waals surface area contributed by atoms with Gasteiger partial charge in [0.1, 0.15) is 5.75 Å². The summed E-state index contributed by atoms with van der Waals surface area (Å²) in [5.41, 5.74) is 2.35. The highest BCUT2D eigenvalue weighted by molar-refractivity contribution is 5.39. The van der Waals surface area contributed by atoms with Crippen LogP contribution in [0.3, 0.4) is 0 Å². The Morgan fingerprint density at radius 3 is 2.55 bits per heavy atom. The van der Waals surface area contributed by atoms with Crippen LogP contribution in [0.15, 0.2) is 18.2 Å². The van der Waals surface area contributed by atoms with Crippen molar-refractivity contribution in [3.63, 3.8) is 0 Å². The highest BCUT2D eigenvalue weighted by Gasteiger charge is 2.17. The summed E-state index contributed by atoms with van der Waals surface area (Å²) in [6, 6.07) is 6.33. The Kier molecular flexibility index (Phi) is 7.59. The van der Waals surface area contributed by atoms with Crippen LogP contribution in [0.1, 0.15) is 31.0 Å². The van der Waals surface area contributed by atoms with Gasteiger partial charge in [0.15, 0.2) is 0 Å². The first kappa shape index (κ1) is 17.0. The molecule has 2 atom stereocenters.